The van der Waals surface area contributed by atoms with Gasteiger partial charge in [-0.25, -0.2) is 8.42 Å². The number of sulfonamides is 1. The first-order valence-electron chi connectivity index (χ1n) is 8.10. The minimum Gasteiger partial charge on any atom is -0.380 e. The maximum absolute atomic E-state index is 11.6. The molecule has 7 heteroatoms. The van der Waals surface area contributed by atoms with Crippen LogP contribution < -0.4 is 10.0 Å². The molecular formula is C19H20ClN3O2S. The number of aromatic nitrogens is 1. The number of benzene rings is 2. The van der Waals surface area contributed by atoms with Crippen molar-refractivity contribution in [3.8, 4) is 0 Å². The zero-order valence-corrected chi connectivity index (χ0v) is 16.4. The normalized spacial score (nSPS) is 11.5. The monoisotopic (exact) mass is 389 g/mol. The molecule has 0 aliphatic heterocycles. The number of hydrogen-bond acceptors (Lipinski definition) is 4. The number of aryl methyl sites for hydroxylation is 2. The van der Waals surface area contributed by atoms with Crippen molar-refractivity contribution in [2.24, 2.45) is 0 Å². The molecule has 0 unspecified atom stereocenters. The summed E-state index contributed by atoms with van der Waals surface area (Å²) in [5.74, 6) is 0. The van der Waals surface area contributed by atoms with E-state index in [1.54, 1.807) is 12.1 Å². The Morgan fingerprint density at radius 1 is 1.08 bits per heavy atom. The Hall–Kier alpha value is -2.31. The van der Waals surface area contributed by atoms with Gasteiger partial charge in [0.25, 0.3) is 0 Å². The summed E-state index contributed by atoms with van der Waals surface area (Å²) in [7, 11) is -3.38. The highest BCUT2D eigenvalue weighted by atomic mass is 35.5. The number of nitrogens with zero attached hydrogens (tertiary/aromatic N) is 1. The Balaban J connectivity index is 1.97. The van der Waals surface area contributed by atoms with Crippen molar-refractivity contribution < 1.29 is 8.42 Å². The lowest BCUT2D eigenvalue weighted by Gasteiger charge is -2.14. The molecule has 0 fully saturated rings. The van der Waals surface area contributed by atoms with Crippen LogP contribution in [-0.4, -0.2) is 19.7 Å². The van der Waals surface area contributed by atoms with Crippen LogP contribution in [0.5, 0.6) is 0 Å². The Kier molecular flexibility index (Phi) is 5.07. The number of halogens is 1. The fourth-order valence-corrected chi connectivity index (χ4v) is 3.52. The average Bonchev–Trinajstić information content (AvgIpc) is 2.55. The summed E-state index contributed by atoms with van der Waals surface area (Å²) < 4.78 is 25.8. The molecule has 0 amide bonds. The van der Waals surface area contributed by atoms with Crippen LogP contribution in [0.3, 0.4) is 0 Å². The number of pyridine rings is 1. The van der Waals surface area contributed by atoms with Gasteiger partial charge in [0.15, 0.2) is 0 Å². The van der Waals surface area contributed by atoms with Crippen molar-refractivity contribution >= 4 is 43.9 Å². The van der Waals surface area contributed by atoms with Crippen LogP contribution in [0.15, 0.2) is 42.5 Å². The van der Waals surface area contributed by atoms with Gasteiger partial charge in [-0.2, -0.15) is 0 Å². The molecule has 3 aromatic rings. The van der Waals surface area contributed by atoms with Gasteiger partial charge in [0.1, 0.15) is 0 Å². The van der Waals surface area contributed by atoms with Crippen LogP contribution in [-0.2, 0) is 16.6 Å². The minimum atomic E-state index is -3.38. The van der Waals surface area contributed by atoms with Gasteiger partial charge in [-0.3, -0.25) is 9.71 Å². The van der Waals surface area contributed by atoms with Crippen LogP contribution in [0, 0.1) is 13.8 Å². The zero-order chi connectivity index (χ0) is 18.9. The van der Waals surface area contributed by atoms with Gasteiger partial charge in [0.05, 0.1) is 17.5 Å². The van der Waals surface area contributed by atoms with Gasteiger partial charge in [-0.05, 0) is 43.2 Å². The molecule has 0 saturated carbocycles. The van der Waals surface area contributed by atoms with E-state index in [-0.39, 0.29) is 0 Å². The third-order valence-electron chi connectivity index (χ3n) is 3.98. The van der Waals surface area contributed by atoms with Gasteiger partial charge in [0.2, 0.25) is 10.0 Å². The fourth-order valence-electron chi connectivity index (χ4n) is 2.75. The second-order valence-electron chi connectivity index (χ2n) is 6.32. The van der Waals surface area contributed by atoms with E-state index in [2.05, 4.69) is 15.0 Å². The number of para-hydroxylation sites is 1. The smallest absolute Gasteiger partial charge is 0.229 e. The van der Waals surface area contributed by atoms with E-state index in [1.165, 1.54) is 0 Å². The van der Waals surface area contributed by atoms with Gasteiger partial charge < -0.3 is 5.32 Å². The molecule has 136 valence electrons. The van der Waals surface area contributed by atoms with E-state index in [0.717, 1.165) is 39.2 Å². The molecular weight excluding hydrogens is 370 g/mol. The number of nitrogens with one attached hydrogen (secondary N) is 2. The number of anilines is 2. The molecule has 2 N–H and O–H groups in total. The first-order chi connectivity index (χ1) is 12.2. The highest BCUT2D eigenvalue weighted by molar-refractivity contribution is 7.92. The summed E-state index contributed by atoms with van der Waals surface area (Å²) >= 11 is 6.20. The van der Waals surface area contributed by atoms with Crippen LogP contribution in [0.4, 0.5) is 11.4 Å². The minimum absolute atomic E-state index is 0.468. The summed E-state index contributed by atoms with van der Waals surface area (Å²) in [6.07, 6.45) is 1.13. The van der Waals surface area contributed by atoms with E-state index in [4.69, 9.17) is 11.6 Å². The number of rotatable bonds is 5. The maximum atomic E-state index is 11.6. The van der Waals surface area contributed by atoms with Gasteiger partial charge in [0, 0.05) is 28.3 Å². The molecule has 1 aromatic heterocycles. The lowest BCUT2D eigenvalue weighted by atomic mass is 10.1. The van der Waals surface area contributed by atoms with Gasteiger partial charge in [-0.1, -0.05) is 35.9 Å². The van der Waals surface area contributed by atoms with E-state index < -0.39 is 10.0 Å². The molecule has 0 bridgehead atoms. The Labute approximate surface area is 158 Å². The lowest BCUT2D eigenvalue weighted by molar-refractivity contribution is 0.607. The molecule has 1 heterocycles. The second-order valence-corrected chi connectivity index (χ2v) is 8.48. The first-order valence-corrected chi connectivity index (χ1v) is 10.4. The lowest BCUT2D eigenvalue weighted by Crippen LogP contribution is -2.10. The highest BCUT2D eigenvalue weighted by Crippen LogP contribution is 2.29. The second kappa shape index (κ2) is 7.13. The van der Waals surface area contributed by atoms with E-state index >= 15 is 0 Å². The highest BCUT2D eigenvalue weighted by Gasteiger charge is 2.11. The molecule has 0 radical (unpaired) electrons. The van der Waals surface area contributed by atoms with Gasteiger partial charge in [-0.15, -0.1) is 0 Å². The number of hydrogen-bond donors (Lipinski definition) is 2. The van der Waals surface area contributed by atoms with Crippen LogP contribution >= 0.6 is 11.6 Å². The van der Waals surface area contributed by atoms with Crippen LogP contribution in [0.1, 0.15) is 16.8 Å². The third-order valence-corrected chi connectivity index (χ3v) is 4.98. The predicted molar refractivity (Wildman–Crippen MR) is 108 cm³/mol. The third kappa shape index (κ3) is 4.26. The van der Waals surface area contributed by atoms with Gasteiger partial charge >= 0.3 is 0 Å². The Morgan fingerprint density at radius 2 is 1.85 bits per heavy atom. The maximum Gasteiger partial charge on any atom is 0.229 e. The Bertz CT molecular complexity index is 1080. The SMILES string of the molecule is Cc1cc(NCc2ccc(C)c(Cl)c2)c2cccc(NS(C)(=O)=O)c2n1. The van der Waals surface area contributed by atoms with Crippen molar-refractivity contribution in [2.45, 2.75) is 20.4 Å². The van der Waals surface area contributed by atoms with Crippen LogP contribution in [0.2, 0.25) is 5.02 Å². The predicted octanol–water partition coefficient (Wildman–Crippen LogP) is 4.49. The molecule has 0 aliphatic carbocycles. The topological polar surface area (TPSA) is 71.1 Å². The Morgan fingerprint density at radius 3 is 2.54 bits per heavy atom. The van der Waals surface area contributed by atoms with E-state index in [1.807, 2.05) is 44.2 Å². The van der Waals surface area contributed by atoms with Crippen molar-refractivity contribution in [3.05, 3.63) is 64.3 Å². The quantitative estimate of drug-likeness (QED) is 0.674. The zero-order valence-electron chi connectivity index (χ0n) is 14.8. The molecule has 0 aliphatic rings. The fraction of sp³-hybridized carbons (Fsp3) is 0.211. The molecule has 5 nitrogen and oxygen atoms in total. The first kappa shape index (κ1) is 18.5. The largest absolute Gasteiger partial charge is 0.380 e. The summed E-state index contributed by atoms with van der Waals surface area (Å²) in [5.41, 5.74) is 4.87. The average molecular weight is 390 g/mol. The van der Waals surface area contributed by atoms with E-state index in [0.29, 0.717) is 17.7 Å². The summed E-state index contributed by atoms with van der Waals surface area (Å²) in [6.45, 7) is 4.45. The van der Waals surface area contributed by atoms with Crippen LogP contribution in [0.25, 0.3) is 10.9 Å². The molecule has 0 saturated heterocycles. The van der Waals surface area contributed by atoms with Crippen molar-refractivity contribution in [3.63, 3.8) is 0 Å². The molecule has 26 heavy (non-hydrogen) atoms. The van der Waals surface area contributed by atoms with Crippen molar-refractivity contribution in [2.75, 3.05) is 16.3 Å². The molecule has 0 spiro atoms. The standard InChI is InChI=1S/C19H20ClN3O2S/c1-12-7-8-14(10-16(12)20)11-21-18-9-13(2)22-19-15(18)5-4-6-17(19)23-26(3,24)25/h4-10,23H,11H2,1-3H3,(H,21,22). The summed E-state index contributed by atoms with van der Waals surface area (Å²) in [5, 5.41) is 4.99. The summed E-state index contributed by atoms with van der Waals surface area (Å²) in [6, 6.07) is 13.3. The van der Waals surface area contributed by atoms with Crippen molar-refractivity contribution in [1.29, 1.82) is 0 Å². The molecule has 0 atom stereocenters. The molecule has 3 rings (SSSR count). The number of fused-ring (bicyclic) bond motifs is 1. The van der Waals surface area contributed by atoms with E-state index in [9.17, 15) is 8.42 Å². The summed E-state index contributed by atoms with van der Waals surface area (Å²) in [4.78, 5) is 4.51. The van der Waals surface area contributed by atoms with Crippen molar-refractivity contribution in [1.82, 2.24) is 4.98 Å². The molecule has 2 aromatic carbocycles.